The Morgan fingerprint density at radius 3 is 2.65 bits per heavy atom. The number of hydrogen-bond donors (Lipinski definition) is 2. The van der Waals surface area contributed by atoms with E-state index in [0.717, 1.165) is 30.4 Å². The number of carbonyl (C=O) groups excluding carboxylic acids is 1. The second kappa shape index (κ2) is 8.52. The largest absolute Gasteiger partial charge is 0.372 e. The second-order valence-corrected chi connectivity index (χ2v) is 6.77. The van der Waals surface area contributed by atoms with E-state index in [9.17, 15) is 4.79 Å². The zero-order chi connectivity index (χ0) is 18.4. The van der Waals surface area contributed by atoms with Gasteiger partial charge in [-0.15, -0.1) is 6.58 Å². The number of nitrogens with one attached hydrogen (secondary N) is 2. The summed E-state index contributed by atoms with van der Waals surface area (Å²) in [5, 5.41) is 6.07. The lowest BCUT2D eigenvalue weighted by atomic mass is 9.99. The minimum Gasteiger partial charge on any atom is -0.372 e. The molecule has 0 aliphatic carbocycles. The van der Waals surface area contributed by atoms with Crippen molar-refractivity contribution < 1.29 is 4.79 Å². The Labute approximate surface area is 155 Å². The van der Waals surface area contributed by atoms with Crippen molar-refractivity contribution in [1.29, 1.82) is 0 Å². The van der Waals surface area contributed by atoms with Crippen LogP contribution in [0.2, 0.25) is 0 Å². The number of hydrogen-bond acceptors (Lipinski definition) is 4. The molecule has 5 nitrogen and oxygen atoms in total. The first kappa shape index (κ1) is 18.0. The van der Waals surface area contributed by atoms with E-state index < -0.39 is 0 Å². The zero-order valence-corrected chi connectivity index (χ0v) is 15.2. The summed E-state index contributed by atoms with van der Waals surface area (Å²) in [5.74, 6) is 0.625. The van der Waals surface area contributed by atoms with E-state index in [1.54, 1.807) is 18.3 Å². The fraction of sp³-hybridized carbons (Fsp3) is 0.333. The molecule has 2 N–H and O–H groups in total. The fourth-order valence-corrected chi connectivity index (χ4v) is 3.08. The summed E-state index contributed by atoms with van der Waals surface area (Å²) in [6.45, 7) is 8.60. The first-order valence-electron chi connectivity index (χ1n) is 9.13. The number of aromatic nitrogens is 1. The minimum absolute atomic E-state index is 0.205. The number of pyridine rings is 1. The van der Waals surface area contributed by atoms with Crippen LogP contribution in [0, 0.1) is 5.92 Å². The molecule has 0 saturated carbocycles. The molecular formula is C21H26N4O. The van der Waals surface area contributed by atoms with Crippen LogP contribution in [-0.2, 0) is 0 Å². The summed E-state index contributed by atoms with van der Waals surface area (Å²) in [7, 11) is 0. The van der Waals surface area contributed by atoms with Gasteiger partial charge in [0, 0.05) is 42.9 Å². The van der Waals surface area contributed by atoms with Crippen LogP contribution in [0.25, 0.3) is 0 Å². The van der Waals surface area contributed by atoms with Crippen LogP contribution in [0.4, 0.5) is 17.1 Å². The molecule has 2 aromatic rings. The maximum atomic E-state index is 12.0. The van der Waals surface area contributed by atoms with Gasteiger partial charge in [0.2, 0.25) is 0 Å². The van der Waals surface area contributed by atoms with E-state index >= 15 is 0 Å². The highest BCUT2D eigenvalue weighted by Crippen LogP contribution is 2.25. The first-order chi connectivity index (χ1) is 12.7. The summed E-state index contributed by atoms with van der Waals surface area (Å²) in [5.41, 5.74) is 3.48. The van der Waals surface area contributed by atoms with E-state index in [1.165, 1.54) is 18.5 Å². The first-order valence-corrected chi connectivity index (χ1v) is 9.13. The Kier molecular flexibility index (Phi) is 5.89. The molecule has 0 atom stereocenters. The molecule has 1 aromatic carbocycles. The van der Waals surface area contributed by atoms with Crippen LogP contribution in [0.1, 0.15) is 30.3 Å². The molecule has 1 fully saturated rings. The molecule has 0 bridgehead atoms. The van der Waals surface area contributed by atoms with Gasteiger partial charge in [-0.05, 0) is 55.2 Å². The molecule has 1 aliphatic rings. The van der Waals surface area contributed by atoms with Crippen LogP contribution < -0.4 is 15.5 Å². The zero-order valence-electron chi connectivity index (χ0n) is 15.2. The lowest BCUT2D eigenvalue weighted by Crippen LogP contribution is -2.32. The molecule has 5 heteroatoms. The lowest BCUT2D eigenvalue weighted by molar-refractivity contribution is 0.0953. The Morgan fingerprint density at radius 2 is 1.96 bits per heavy atom. The maximum absolute atomic E-state index is 12.0. The van der Waals surface area contributed by atoms with Crippen LogP contribution >= 0.6 is 0 Å². The Bertz CT molecular complexity index is 749. The lowest BCUT2D eigenvalue weighted by Gasteiger charge is -2.32. The molecular weight excluding hydrogens is 324 g/mol. The number of rotatable bonds is 6. The average Bonchev–Trinajstić information content (AvgIpc) is 2.67. The third-order valence-corrected chi connectivity index (χ3v) is 4.70. The van der Waals surface area contributed by atoms with Crippen molar-refractivity contribution in [3.63, 3.8) is 0 Å². The van der Waals surface area contributed by atoms with E-state index in [4.69, 9.17) is 0 Å². The highest BCUT2D eigenvalue weighted by Gasteiger charge is 2.15. The normalized spacial score (nSPS) is 14.7. The van der Waals surface area contributed by atoms with Gasteiger partial charge in [0.25, 0.3) is 5.91 Å². The molecule has 1 aromatic heterocycles. The molecule has 1 saturated heterocycles. The minimum atomic E-state index is -0.205. The van der Waals surface area contributed by atoms with E-state index in [2.05, 4.69) is 58.3 Å². The summed E-state index contributed by atoms with van der Waals surface area (Å²) in [6, 6.07) is 12.0. The monoisotopic (exact) mass is 350 g/mol. The number of nitrogens with zero attached hydrogens (tertiary/aromatic N) is 2. The predicted molar refractivity (Wildman–Crippen MR) is 107 cm³/mol. The van der Waals surface area contributed by atoms with E-state index in [0.29, 0.717) is 12.2 Å². The molecule has 26 heavy (non-hydrogen) atoms. The van der Waals surface area contributed by atoms with Crippen molar-refractivity contribution in [2.24, 2.45) is 5.92 Å². The number of anilines is 3. The highest BCUT2D eigenvalue weighted by molar-refractivity contribution is 5.93. The number of piperidine rings is 1. The van der Waals surface area contributed by atoms with Gasteiger partial charge in [0.15, 0.2) is 0 Å². The van der Waals surface area contributed by atoms with Gasteiger partial charge < -0.3 is 15.5 Å². The summed E-state index contributed by atoms with van der Waals surface area (Å²) < 4.78 is 0. The van der Waals surface area contributed by atoms with Crippen molar-refractivity contribution in [3.8, 4) is 0 Å². The number of amides is 1. The van der Waals surface area contributed by atoms with Crippen LogP contribution in [-0.4, -0.2) is 30.5 Å². The smallest absolute Gasteiger partial charge is 0.270 e. The molecule has 0 unspecified atom stereocenters. The number of carbonyl (C=O) groups is 1. The van der Waals surface area contributed by atoms with Crippen LogP contribution in [0.15, 0.2) is 55.3 Å². The molecule has 2 heterocycles. The van der Waals surface area contributed by atoms with E-state index in [1.807, 2.05) is 6.07 Å². The Hall–Kier alpha value is -2.82. The third-order valence-electron chi connectivity index (χ3n) is 4.70. The molecule has 1 amide bonds. The van der Waals surface area contributed by atoms with Crippen molar-refractivity contribution in [2.45, 2.75) is 19.8 Å². The SMILES string of the molecule is C=CCNC(=O)c1cc(Nc2ccc(N3CCC(C)CC3)cc2)ccn1. The summed E-state index contributed by atoms with van der Waals surface area (Å²) in [4.78, 5) is 18.6. The van der Waals surface area contributed by atoms with E-state index in [-0.39, 0.29) is 5.91 Å². The predicted octanol–water partition coefficient (Wildman–Crippen LogP) is 3.98. The molecule has 136 valence electrons. The van der Waals surface area contributed by atoms with Gasteiger partial charge in [0.05, 0.1) is 0 Å². The van der Waals surface area contributed by atoms with Crippen LogP contribution in [0.3, 0.4) is 0 Å². The standard InChI is InChI=1S/C21H26N4O/c1-3-11-23-21(26)20-15-18(8-12-22-20)24-17-4-6-19(7-5-17)25-13-9-16(2)10-14-25/h3-8,12,15-16H,1,9-11,13-14H2,2H3,(H,22,24)(H,23,26). The average molecular weight is 350 g/mol. The summed E-state index contributed by atoms with van der Waals surface area (Å²) >= 11 is 0. The second-order valence-electron chi connectivity index (χ2n) is 6.77. The van der Waals surface area contributed by atoms with Crippen molar-refractivity contribution in [2.75, 3.05) is 29.9 Å². The maximum Gasteiger partial charge on any atom is 0.270 e. The van der Waals surface area contributed by atoms with Gasteiger partial charge >= 0.3 is 0 Å². The highest BCUT2D eigenvalue weighted by atomic mass is 16.1. The van der Waals surface area contributed by atoms with Gasteiger partial charge in [-0.3, -0.25) is 9.78 Å². The van der Waals surface area contributed by atoms with Gasteiger partial charge in [-0.2, -0.15) is 0 Å². The Morgan fingerprint density at radius 1 is 1.23 bits per heavy atom. The van der Waals surface area contributed by atoms with Gasteiger partial charge in [-0.1, -0.05) is 13.0 Å². The molecule has 1 aliphatic heterocycles. The van der Waals surface area contributed by atoms with Crippen molar-refractivity contribution >= 4 is 23.0 Å². The van der Waals surface area contributed by atoms with Crippen molar-refractivity contribution in [1.82, 2.24) is 10.3 Å². The van der Waals surface area contributed by atoms with Gasteiger partial charge in [-0.25, -0.2) is 0 Å². The molecule has 0 radical (unpaired) electrons. The quantitative estimate of drug-likeness (QED) is 0.774. The Balaban J connectivity index is 1.64. The third kappa shape index (κ3) is 4.63. The molecule has 0 spiro atoms. The summed E-state index contributed by atoms with van der Waals surface area (Å²) in [6.07, 6.45) is 5.79. The number of benzene rings is 1. The van der Waals surface area contributed by atoms with Crippen LogP contribution in [0.5, 0.6) is 0 Å². The van der Waals surface area contributed by atoms with Crippen molar-refractivity contribution in [3.05, 3.63) is 60.9 Å². The van der Waals surface area contributed by atoms with Gasteiger partial charge in [0.1, 0.15) is 5.69 Å². The fourth-order valence-electron chi connectivity index (χ4n) is 3.08. The topological polar surface area (TPSA) is 57.3 Å². The molecule has 3 rings (SSSR count).